The Bertz CT molecular complexity index is 385. The van der Waals surface area contributed by atoms with Gasteiger partial charge in [-0.15, -0.1) is 0 Å². The molecule has 3 nitrogen and oxygen atoms in total. The summed E-state index contributed by atoms with van der Waals surface area (Å²) in [5, 5.41) is 0. The molecular formula is C10H9IO3. The molecule has 14 heavy (non-hydrogen) atoms. The third-order valence-electron chi connectivity index (χ3n) is 1.82. The zero-order valence-corrected chi connectivity index (χ0v) is 9.99. The first-order valence-corrected chi connectivity index (χ1v) is 5.02. The molecule has 0 saturated heterocycles. The summed E-state index contributed by atoms with van der Waals surface area (Å²) < 4.78 is 5.84. The molecule has 0 saturated carbocycles. The van der Waals surface area contributed by atoms with Crippen LogP contribution in [0.15, 0.2) is 12.1 Å². The van der Waals surface area contributed by atoms with Gasteiger partial charge in [0.15, 0.2) is 12.1 Å². The zero-order valence-electron chi connectivity index (χ0n) is 7.83. The van der Waals surface area contributed by atoms with E-state index in [1.807, 2.05) is 22.6 Å². The maximum Gasteiger partial charge on any atom is 0.164 e. The van der Waals surface area contributed by atoms with Crippen LogP contribution in [0, 0.1) is 3.57 Å². The van der Waals surface area contributed by atoms with E-state index < -0.39 is 0 Å². The van der Waals surface area contributed by atoms with E-state index in [4.69, 9.17) is 4.74 Å². The van der Waals surface area contributed by atoms with Crippen LogP contribution in [0.2, 0.25) is 0 Å². The predicted molar refractivity (Wildman–Crippen MR) is 61.1 cm³/mol. The Balaban J connectivity index is 3.50. The molecule has 0 aliphatic carbocycles. The lowest BCUT2D eigenvalue weighted by atomic mass is 10.1. The minimum atomic E-state index is -0.102. The van der Waals surface area contributed by atoms with Gasteiger partial charge in [-0.1, -0.05) is 0 Å². The molecule has 0 radical (unpaired) electrons. The number of methoxy groups -OCH3 is 1. The van der Waals surface area contributed by atoms with Crippen molar-refractivity contribution in [3.63, 3.8) is 0 Å². The van der Waals surface area contributed by atoms with E-state index in [-0.39, 0.29) is 5.78 Å². The van der Waals surface area contributed by atoms with Crippen LogP contribution in [0.3, 0.4) is 0 Å². The molecule has 0 unspecified atom stereocenters. The average molecular weight is 304 g/mol. The predicted octanol–water partition coefficient (Wildman–Crippen LogP) is 2.31. The van der Waals surface area contributed by atoms with Crippen molar-refractivity contribution in [1.29, 1.82) is 0 Å². The van der Waals surface area contributed by atoms with Crippen LogP contribution >= 0.6 is 22.6 Å². The lowest BCUT2D eigenvalue weighted by Crippen LogP contribution is -2.03. The molecule has 1 aromatic rings. The quantitative estimate of drug-likeness (QED) is 0.489. The smallest absolute Gasteiger partial charge is 0.164 e. The van der Waals surface area contributed by atoms with Crippen molar-refractivity contribution in [3.05, 3.63) is 26.8 Å². The van der Waals surface area contributed by atoms with Gasteiger partial charge in [0.1, 0.15) is 5.75 Å². The number of rotatable bonds is 3. The Morgan fingerprint density at radius 2 is 2.14 bits per heavy atom. The number of carbonyl (C=O) groups is 2. The summed E-state index contributed by atoms with van der Waals surface area (Å²) in [6.45, 7) is 1.45. The van der Waals surface area contributed by atoms with Gasteiger partial charge in [0.25, 0.3) is 0 Å². The summed E-state index contributed by atoms with van der Waals surface area (Å²) in [4.78, 5) is 22.0. The largest absolute Gasteiger partial charge is 0.495 e. The second-order valence-corrected chi connectivity index (χ2v) is 3.88. The lowest BCUT2D eigenvalue weighted by Gasteiger charge is -2.09. The van der Waals surface area contributed by atoms with Crippen LogP contribution < -0.4 is 4.74 Å². The first-order valence-electron chi connectivity index (χ1n) is 3.94. The van der Waals surface area contributed by atoms with E-state index in [0.29, 0.717) is 23.2 Å². The molecule has 0 N–H and O–H groups in total. The van der Waals surface area contributed by atoms with Crippen LogP contribution in [-0.4, -0.2) is 19.2 Å². The number of Topliss-reactive ketones (excluding diaryl/α,β-unsaturated/α-hetero) is 1. The maximum absolute atomic E-state index is 11.3. The second-order valence-electron chi connectivity index (χ2n) is 2.72. The van der Waals surface area contributed by atoms with Gasteiger partial charge < -0.3 is 4.74 Å². The van der Waals surface area contributed by atoms with Crippen LogP contribution in [-0.2, 0) is 0 Å². The van der Waals surface area contributed by atoms with E-state index in [2.05, 4.69) is 0 Å². The van der Waals surface area contributed by atoms with Crippen LogP contribution in [0.5, 0.6) is 5.75 Å². The van der Waals surface area contributed by atoms with E-state index in [1.165, 1.54) is 14.0 Å². The maximum atomic E-state index is 11.3. The summed E-state index contributed by atoms with van der Waals surface area (Å²) in [6, 6.07) is 3.36. The first-order chi connectivity index (χ1) is 6.61. The highest BCUT2D eigenvalue weighted by molar-refractivity contribution is 14.1. The van der Waals surface area contributed by atoms with Gasteiger partial charge in [0.05, 0.1) is 18.2 Å². The van der Waals surface area contributed by atoms with Gasteiger partial charge in [-0.2, -0.15) is 0 Å². The third kappa shape index (κ3) is 1.95. The van der Waals surface area contributed by atoms with Crippen molar-refractivity contribution in [1.82, 2.24) is 0 Å². The molecule has 4 heteroatoms. The highest BCUT2D eigenvalue weighted by Crippen LogP contribution is 2.27. The van der Waals surface area contributed by atoms with Crippen LogP contribution in [0.1, 0.15) is 27.6 Å². The fraction of sp³-hybridized carbons (Fsp3) is 0.200. The van der Waals surface area contributed by atoms with Gasteiger partial charge in [-0.3, -0.25) is 9.59 Å². The number of hydrogen-bond acceptors (Lipinski definition) is 3. The van der Waals surface area contributed by atoms with Gasteiger partial charge in [-0.05, 0) is 41.6 Å². The Morgan fingerprint density at radius 3 is 2.57 bits per heavy atom. The molecule has 0 spiro atoms. The summed E-state index contributed by atoms with van der Waals surface area (Å²) >= 11 is 2.04. The summed E-state index contributed by atoms with van der Waals surface area (Å²) in [6.07, 6.45) is 0.682. The zero-order chi connectivity index (χ0) is 10.7. The Hall–Kier alpha value is -0.910. The Morgan fingerprint density at radius 1 is 1.50 bits per heavy atom. The molecule has 1 rings (SSSR count). The third-order valence-corrected chi connectivity index (χ3v) is 2.72. The normalized spacial score (nSPS) is 9.64. The monoisotopic (exact) mass is 304 g/mol. The molecule has 0 aromatic heterocycles. The number of ketones is 1. The molecule has 1 aromatic carbocycles. The molecule has 0 fully saturated rings. The Kier molecular flexibility index (Phi) is 3.62. The second kappa shape index (κ2) is 4.54. The van der Waals surface area contributed by atoms with Gasteiger partial charge in [0.2, 0.25) is 0 Å². The number of ether oxygens (including phenoxy) is 1. The van der Waals surface area contributed by atoms with Crippen molar-refractivity contribution >= 4 is 34.7 Å². The molecule has 0 atom stereocenters. The standard InChI is InChI=1S/C10H9IO3/c1-6(13)9-8(11)4-3-7(5-12)10(9)14-2/h3-5H,1-2H3. The number of hydrogen-bond donors (Lipinski definition) is 0. The molecule has 74 valence electrons. The van der Waals surface area contributed by atoms with Gasteiger partial charge in [0, 0.05) is 3.57 Å². The topological polar surface area (TPSA) is 43.4 Å². The SMILES string of the molecule is COc1c(C=O)ccc(I)c1C(C)=O. The van der Waals surface area contributed by atoms with Crippen molar-refractivity contribution in [2.75, 3.05) is 7.11 Å². The fourth-order valence-corrected chi connectivity index (χ4v) is 2.02. The lowest BCUT2D eigenvalue weighted by molar-refractivity contribution is 0.101. The summed E-state index contributed by atoms with van der Waals surface area (Å²) in [5.74, 6) is 0.259. The highest BCUT2D eigenvalue weighted by atomic mass is 127. The number of carbonyl (C=O) groups excluding carboxylic acids is 2. The van der Waals surface area contributed by atoms with Gasteiger partial charge >= 0.3 is 0 Å². The Labute approximate surface area is 95.6 Å². The van der Waals surface area contributed by atoms with E-state index >= 15 is 0 Å². The van der Waals surface area contributed by atoms with Crippen molar-refractivity contribution in [2.24, 2.45) is 0 Å². The molecule has 0 aliphatic rings. The number of halogens is 1. The molecule has 0 aliphatic heterocycles. The van der Waals surface area contributed by atoms with Crippen molar-refractivity contribution < 1.29 is 14.3 Å². The minimum absolute atomic E-state index is 0.102. The molecular weight excluding hydrogens is 295 g/mol. The van der Waals surface area contributed by atoms with Crippen LogP contribution in [0.4, 0.5) is 0 Å². The van der Waals surface area contributed by atoms with Gasteiger partial charge in [-0.25, -0.2) is 0 Å². The number of benzene rings is 1. The molecule has 0 amide bonds. The van der Waals surface area contributed by atoms with Crippen molar-refractivity contribution in [3.8, 4) is 5.75 Å². The molecule has 0 bridgehead atoms. The number of aldehydes is 1. The van der Waals surface area contributed by atoms with Crippen molar-refractivity contribution in [2.45, 2.75) is 6.92 Å². The fourth-order valence-electron chi connectivity index (χ4n) is 1.22. The summed E-state index contributed by atoms with van der Waals surface area (Å²) in [7, 11) is 1.45. The molecule has 0 heterocycles. The van der Waals surface area contributed by atoms with E-state index in [0.717, 1.165) is 3.57 Å². The average Bonchev–Trinajstić information content (AvgIpc) is 2.16. The minimum Gasteiger partial charge on any atom is -0.495 e. The van der Waals surface area contributed by atoms with E-state index in [1.54, 1.807) is 12.1 Å². The van der Waals surface area contributed by atoms with Crippen LogP contribution in [0.25, 0.3) is 0 Å². The highest BCUT2D eigenvalue weighted by Gasteiger charge is 2.15. The van der Waals surface area contributed by atoms with E-state index in [9.17, 15) is 9.59 Å². The summed E-state index contributed by atoms with van der Waals surface area (Å²) in [5.41, 5.74) is 0.871. The first kappa shape index (κ1) is 11.2.